The fourth-order valence-corrected chi connectivity index (χ4v) is 4.39. The first kappa shape index (κ1) is 20.5. The molecule has 7 heteroatoms. The predicted octanol–water partition coefficient (Wildman–Crippen LogP) is 3.23. The van der Waals surface area contributed by atoms with Gasteiger partial charge in [0.25, 0.3) is 10.0 Å². The van der Waals surface area contributed by atoms with Crippen molar-refractivity contribution in [1.29, 1.82) is 0 Å². The average molecular weight is 379 g/mol. The van der Waals surface area contributed by atoms with Gasteiger partial charge in [-0.25, -0.2) is 8.42 Å². The number of hydrogen-bond acceptors (Lipinski definition) is 4. The zero-order valence-electron chi connectivity index (χ0n) is 16.8. The Balaban J connectivity index is 2.58. The number of aromatic nitrogens is 2. The van der Waals surface area contributed by atoms with Gasteiger partial charge in [-0.3, -0.25) is 8.99 Å². The molecule has 0 spiro atoms. The summed E-state index contributed by atoms with van der Waals surface area (Å²) in [6, 6.07) is 6.01. The zero-order valence-corrected chi connectivity index (χ0v) is 17.6. The van der Waals surface area contributed by atoms with Gasteiger partial charge in [0.15, 0.2) is 0 Å². The van der Waals surface area contributed by atoms with Crippen LogP contribution in [0, 0.1) is 13.8 Å². The van der Waals surface area contributed by atoms with Crippen LogP contribution in [0.3, 0.4) is 0 Å². The number of sulfonamides is 1. The van der Waals surface area contributed by atoms with Crippen molar-refractivity contribution in [3.8, 4) is 0 Å². The van der Waals surface area contributed by atoms with Crippen LogP contribution in [0.4, 0.5) is 5.69 Å². The molecule has 0 N–H and O–H groups in total. The van der Waals surface area contributed by atoms with Crippen LogP contribution in [0.15, 0.2) is 35.5 Å². The maximum absolute atomic E-state index is 13.5. The van der Waals surface area contributed by atoms with Gasteiger partial charge in [0.1, 0.15) is 4.90 Å². The van der Waals surface area contributed by atoms with Gasteiger partial charge in [-0.15, -0.1) is 0 Å². The summed E-state index contributed by atoms with van der Waals surface area (Å²) >= 11 is 0. The number of likely N-dealkylation sites (N-methyl/N-ethyl adjacent to an activating group) is 1. The SMILES string of the molecule is Cc1cccc(C)c1N(CC(C)N(C)C)S(=O)(=O)c1cnn(C(C)C)c1. The van der Waals surface area contributed by atoms with Gasteiger partial charge in [-0.2, -0.15) is 5.10 Å². The molecule has 0 aliphatic rings. The third-order valence-corrected chi connectivity index (χ3v) is 6.41. The molecule has 0 radical (unpaired) electrons. The van der Waals surface area contributed by atoms with E-state index >= 15 is 0 Å². The minimum atomic E-state index is -3.72. The minimum absolute atomic E-state index is 0.0592. The van der Waals surface area contributed by atoms with Crippen LogP contribution < -0.4 is 4.31 Å². The van der Waals surface area contributed by atoms with E-state index in [1.807, 2.05) is 71.8 Å². The highest BCUT2D eigenvalue weighted by Crippen LogP contribution is 2.30. The highest BCUT2D eigenvalue weighted by molar-refractivity contribution is 7.92. The van der Waals surface area contributed by atoms with E-state index in [1.165, 1.54) is 10.5 Å². The molecule has 1 unspecified atom stereocenters. The molecule has 0 fully saturated rings. The van der Waals surface area contributed by atoms with Crippen molar-refractivity contribution in [3.05, 3.63) is 41.7 Å². The molecular weight excluding hydrogens is 348 g/mol. The monoisotopic (exact) mass is 378 g/mol. The second kappa shape index (κ2) is 7.80. The van der Waals surface area contributed by atoms with E-state index in [4.69, 9.17) is 0 Å². The summed E-state index contributed by atoms with van der Waals surface area (Å²) in [5.74, 6) is 0. The zero-order chi connectivity index (χ0) is 19.6. The third kappa shape index (κ3) is 4.10. The first-order valence-electron chi connectivity index (χ1n) is 8.85. The van der Waals surface area contributed by atoms with E-state index in [9.17, 15) is 8.42 Å². The van der Waals surface area contributed by atoms with E-state index in [-0.39, 0.29) is 17.0 Å². The van der Waals surface area contributed by atoms with Crippen molar-refractivity contribution in [2.45, 2.75) is 51.6 Å². The van der Waals surface area contributed by atoms with E-state index in [0.29, 0.717) is 6.54 Å². The Morgan fingerprint density at radius 3 is 2.15 bits per heavy atom. The Bertz CT molecular complexity index is 836. The van der Waals surface area contributed by atoms with E-state index in [2.05, 4.69) is 5.10 Å². The average Bonchev–Trinajstić information content (AvgIpc) is 3.04. The molecule has 1 atom stereocenters. The molecule has 0 bridgehead atoms. The Hall–Kier alpha value is -1.86. The van der Waals surface area contributed by atoms with Crippen molar-refractivity contribution >= 4 is 15.7 Å². The molecule has 2 rings (SSSR count). The lowest BCUT2D eigenvalue weighted by atomic mass is 10.1. The fraction of sp³-hybridized carbons (Fsp3) is 0.526. The van der Waals surface area contributed by atoms with Crippen molar-refractivity contribution < 1.29 is 8.42 Å². The summed E-state index contributed by atoms with van der Waals surface area (Å²) in [6.45, 7) is 10.2. The highest BCUT2D eigenvalue weighted by atomic mass is 32.2. The van der Waals surface area contributed by atoms with Gasteiger partial charge < -0.3 is 4.90 Å². The summed E-state index contributed by atoms with van der Waals surface area (Å²) in [7, 11) is 0.194. The molecule has 1 aromatic heterocycles. The van der Waals surface area contributed by atoms with Crippen molar-refractivity contribution in [2.24, 2.45) is 0 Å². The van der Waals surface area contributed by atoms with E-state index in [1.54, 1.807) is 10.9 Å². The van der Waals surface area contributed by atoms with E-state index in [0.717, 1.165) is 16.8 Å². The summed E-state index contributed by atoms with van der Waals surface area (Å²) in [5, 5.41) is 4.22. The lowest BCUT2D eigenvalue weighted by molar-refractivity contribution is 0.320. The molecule has 6 nitrogen and oxygen atoms in total. The molecule has 0 saturated carbocycles. The second-order valence-corrected chi connectivity index (χ2v) is 9.20. The van der Waals surface area contributed by atoms with Gasteiger partial charge in [0.05, 0.1) is 11.9 Å². The fourth-order valence-electron chi connectivity index (χ4n) is 2.78. The second-order valence-electron chi connectivity index (χ2n) is 7.34. The van der Waals surface area contributed by atoms with Gasteiger partial charge in [-0.05, 0) is 59.8 Å². The van der Waals surface area contributed by atoms with Crippen LogP contribution in [0.1, 0.15) is 37.9 Å². The van der Waals surface area contributed by atoms with Gasteiger partial charge in [0.2, 0.25) is 0 Å². The van der Waals surface area contributed by atoms with Crippen LogP contribution in [0.25, 0.3) is 0 Å². The lowest BCUT2D eigenvalue weighted by Crippen LogP contribution is -2.42. The normalized spacial score (nSPS) is 13.4. The molecule has 26 heavy (non-hydrogen) atoms. The standard InChI is InChI=1S/C19H30N4O2S/c1-14(2)22-13-18(11-20-22)26(24,25)23(12-17(5)21(6)7)19-15(3)9-8-10-16(19)4/h8-11,13-14,17H,12H2,1-7H3. The first-order valence-corrected chi connectivity index (χ1v) is 10.3. The minimum Gasteiger partial charge on any atom is -0.305 e. The summed E-state index contributed by atoms with van der Waals surface area (Å²) in [4.78, 5) is 2.24. The summed E-state index contributed by atoms with van der Waals surface area (Å²) < 4.78 is 30.2. The molecule has 144 valence electrons. The van der Waals surface area contributed by atoms with Crippen LogP contribution in [0.5, 0.6) is 0 Å². The largest absolute Gasteiger partial charge is 0.305 e. The summed E-state index contributed by atoms with van der Waals surface area (Å²) in [5.41, 5.74) is 2.63. The number of nitrogens with zero attached hydrogens (tertiary/aromatic N) is 4. The Kier molecular flexibility index (Phi) is 6.13. The molecule has 0 amide bonds. The van der Waals surface area contributed by atoms with Crippen LogP contribution in [0.2, 0.25) is 0 Å². The maximum Gasteiger partial charge on any atom is 0.267 e. The molecule has 1 aromatic carbocycles. The Labute approximate surface area is 157 Å². The van der Waals surface area contributed by atoms with Crippen LogP contribution in [-0.4, -0.2) is 49.8 Å². The molecule has 0 aliphatic heterocycles. The number of aryl methyl sites for hydroxylation is 2. The molecular formula is C19H30N4O2S. The van der Waals surface area contributed by atoms with Crippen LogP contribution in [-0.2, 0) is 10.0 Å². The number of hydrogen-bond donors (Lipinski definition) is 0. The van der Waals surface area contributed by atoms with Crippen LogP contribution >= 0.6 is 0 Å². The van der Waals surface area contributed by atoms with E-state index < -0.39 is 10.0 Å². The number of benzene rings is 1. The Morgan fingerprint density at radius 2 is 1.69 bits per heavy atom. The maximum atomic E-state index is 13.5. The topological polar surface area (TPSA) is 58.4 Å². The van der Waals surface area contributed by atoms with Gasteiger partial charge in [-0.1, -0.05) is 18.2 Å². The molecule has 0 saturated heterocycles. The predicted molar refractivity (Wildman–Crippen MR) is 106 cm³/mol. The Morgan fingerprint density at radius 1 is 1.12 bits per heavy atom. The quantitative estimate of drug-likeness (QED) is 0.742. The number of anilines is 1. The molecule has 0 aliphatic carbocycles. The van der Waals surface area contributed by atoms with Crippen molar-refractivity contribution in [1.82, 2.24) is 14.7 Å². The molecule has 1 heterocycles. The molecule has 2 aromatic rings. The number of para-hydroxylation sites is 1. The smallest absolute Gasteiger partial charge is 0.267 e. The van der Waals surface area contributed by atoms with Gasteiger partial charge in [0, 0.05) is 24.8 Å². The lowest BCUT2D eigenvalue weighted by Gasteiger charge is -2.31. The first-order chi connectivity index (χ1) is 12.1. The van der Waals surface area contributed by atoms with Crippen molar-refractivity contribution in [3.63, 3.8) is 0 Å². The van der Waals surface area contributed by atoms with Gasteiger partial charge >= 0.3 is 0 Å². The highest BCUT2D eigenvalue weighted by Gasteiger charge is 2.30. The summed E-state index contributed by atoms with van der Waals surface area (Å²) in [6.07, 6.45) is 3.05. The van der Waals surface area contributed by atoms with Crippen molar-refractivity contribution in [2.75, 3.05) is 24.9 Å². The third-order valence-electron chi connectivity index (χ3n) is 4.70. The number of rotatable bonds is 7.